The fraction of sp³-hybridized carbons (Fsp3) is 0.538. The predicted molar refractivity (Wildman–Crippen MR) is 65.6 cm³/mol. The first-order valence-electron chi connectivity index (χ1n) is 5.73. The van der Waals surface area contributed by atoms with Crippen molar-refractivity contribution in [3.05, 3.63) is 23.8 Å². The van der Waals surface area contributed by atoms with Crippen LogP contribution in [0.15, 0.2) is 18.2 Å². The normalized spacial score (nSPS) is 10.3. The highest BCUT2D eigenvalue weighted by Crippen LogP contribution is 2.23. The highest BCUT2D eigenvalue weighted by atomic mass is 16.3. The van der Waals surface area contributed by atoms with Gasteiger partial charge >= 0.3 is 0 Å². The van der Waals surface area contributed by atoms with Crippen molar-refractivity contribution in [3.63, 3.8) is 0 Å². The summed E-state index contributed by atoms with van der Waals surface area (Å²) in [6, 6.07) is 5.77. The third kappa shape index (κ3) is 3.46. The van der Waals surface area contributed by atoms with Gasteiger partial charge in [-0.3, -0.25) is 0 Å². The second-order valence-electron chi connectivity index (χ2n) is 4.01. The fourth-order valence-corrected chi connectivity index (χ4v) is 1.84. The smallest absolute Gasteiger partial charge is 0.117 e. The molecule has 0 spiro atoms. The molecule has 2 nitrogen and oxygen atoms in total. The summed E-state index contributed by atoms with van der Waals surface area (Å²) in [5.41, 5.74) is 2.25. The molecular weight excluding hydrogens is 186 g/mol. The van der Waals surface area contributed by atoms with Gasteiger partial charge in [0.15, 0.2) is 0 Å². The number of benzene rings is 1. The van der Waals surface area contributed by atoms with Gasteiger partial charge in [-0.1, -0.05) is 13.8 Å². The molecule has 0 unspecified atom stereocenters. The zero-order chi connectivity index (χ0) is 11.3. The summed E-state index contributed by atoms with van der Waals surface area (Å²) >= 11 is 0. The lowest BCUT2D eigenvalue weighted by molar-refractivity contribution is 0.474. The van der Waals surface area contributed by atoms with E-state index in [4.69, 9.17) is 0 Å². The van der Waals surface area contributed by atoms with Gasteiger partial charge in [0.1, 0.15) is 5.75 Å². The molecule has 84 valence electrons. The molecule has 1 N–H and O–H groups in total. The van der Waals surface area contributed by atoms with E-state index < -0.39 is 0 Å². The van der Waals surface area contributed by atoms with Crippen LogP contribution in [-0.2, 0) is 0 Å². The maximum absolute atomic E-state index is 9.55. The maximum atomic E-state index is 9.55. The lowest BCUT2D eigenvalue weighted by Crippen LogP contribution is -2.24. The molecule has 0 bridgehead atoms. The summed E-state index contributed by atoms with van der Waals surface area (Å²) in [4.78, 5) is 2.33. The van der Waals surface area contributed by atoms with Gasteiger partial charge < -0.3 is 10.0 Å². The number of phenolic OH excluding ortho intramolecular Hbond substituents is 1. The molecule has 0 aliphatic carbocycles. The molecule has 0 saturated heterocycles. The van der Waals surface area contributed by atoms with Crippen molar-refractivity contribution in [1.82, 2.24) is 0 Å². The second-order valence-corrected chi connectivity index (χ2v) is 4.01. The molecule has 0 aliphatic rings. The summed E-state index contributed by atoms with van der Waals surface area (Å²) in [5, 5.41) is 9.55. The Bertz CT molecular complexity index is 283. The number of aryl methyl sites for hydroxylation is 1. The molecule has 15 heavy (non-hydrogen) atoms. The molecule has 0 heterocycles. The number of anilines is 1. The molecule has 0 aromatic heterocycles. The molecule has 1 rings (SSSR count). The van der Waals surface area contributed by atoms with E-state index in [0.29, 0.717) is 5.75 Å². The molecule has 0 aliphatic heterocycles. The van der Waals surface area contributed by atoms with E-state index in [1.165, 1.54) is 0 Å². The van der Waals surface area contributed by atoms with Gasteiger partial charge in [-0.25, -0.2) is 0 Å². The van der Waals surface area contributed by atoms with E-state index in [1.54, 1.807) is 6.07 Å². The first-order chi connectivity index (χ1) is 7.17. The van der Waals surface area contributed by atoms with Gasteiger partial charge in [0, 0.05) is 24.8 Å². The fourth-order valence-electron chi connectivity index (χ4n) is 1.84. The third-order valence-electron chi connectivity index (χ3n) is 2.40. The van der Waals surface area contributed by atoms with Crippen LogP contribution in [0.4, 0.5) is 5.69 Å². The van der Waals surface area contributed by atoms with Gasteiger partial charge in [0.05, 0.1) is 0 Å². The standard InChI is InChI=1S/C13H21NO/c1-4-6-14(7-5-2)12-8-11(3)9-13(15)10-12/h8-10,15H,4-7H2,1-3H3. The topological polar surface area (TPSA) is 23.5 Å². The largest absolute Gasteiger partial charge is 0.508 e. The van der Waals surface area contributed by atoms with Gasteiger partial charge in [-0.2, -0.15) is 0 Å². The van der Waals surface area contributed by atoms with Crippen LogP contribution < -0.4 is 4.90 Å². The van der Waals surface area contributed by atoms with E-state index in [0.717, 1.165) is 37.2 Å². The van der Waals surface area contributed by atoms with Crippen LogP contribution in [-0.4, -0.2) is 18.2 Å². The summed E-state index contributed by atoms with van der Waals surface area (Å²) in [5.74, 6) is 0.363. The Morgan fingerprint density at radius 2 is 1.67 bits per heavy atom. The van der Waals surface area contributed by atoms with E-state index in [2.05, 4.69) is 24.8 Å². The average Bonchev–Trinajstić information content (AvgIpc) is 2.16. The van der Waals surface area contributed by atoms with Crippen molar-refractivity contribution in [2.24, 2.45) is 0 Å². The number of rotatable bonds is 5. The second kappa shape index (κ2) is 5.64. The number of aromatic hydroxyl groups is 1. The van der Waals surface area contributed by atoms with Gasteiger partial charge in [0.2, 0.25) is 0 Å². The lowest BCUT2D eigenvalue weighted by Gasteiger charge is -2.24. The quantitative estimate of drug-likeness (QED) is 0.800. The van der Waals surface area contributed by atoms with Crippen LogP contribution in [0, 0.1) is 6.92 Å². The van der Waals surface area contributed by atoms with Gasteiger partial charge in [-0.05, 0) is 37.5 Å². The Morgan fingerprint density at radius 1 is 1.07 bits per heavy atom. The Kier molecular flexibility index (Phi) is 4.47. The van der Waals surface area contributed by atoms with Crippen molar-refractivity contribution >= 4 is 5.69 Å². The summed E-state index contributed by atoms with van der Waals surface area (Å²) in [7, 11) is 0. The summed E-state index contributed by atoms with van der Waals surface area (Å²) in [6.45, 7) is 8.48. The van der Waals surface area contributed by atoms with Gasteiger partial charge in [0.25, 0.3) is 0 Å². The Morgan fingerprint density at radius 3 is 2.13 bits per heavy atom. The Labute approximate surface area is 92.5 Å². The number of phenols is 1. The molecule has 0 fully saturated rings. The van der Waals surface area contributed by atoms with E-state index in [1.807, 2.05) is 13.0 Å². The maximum Gasteiger partial charge on any atom is 0.117 e. The van der Waals surface area contributed by atoms with Crippen LogP contribution in [0.3, 0.4) is 0 Å². The molecule has 0 atom stereocenters. The van der Waals surface area contributed by atoms with Crippen LogP contribution in [0.2, 0.25) is 0 Å². The minimum atomic E-state index is 0.363. The third-order valence-corrected chi connectivity index (χ3v) is 2.40. The van der Waals surface area contributed by atoms with Crippen molar-refractivity contribution in [1.29, 1.82) is 0 Å². The average molecular weight is 207 g/mol. The number of nitrogens with zero attached hydrogens (tertiary/aromatic N) is 1. The highest BCUT2D eigenvalue weighted by molar-refractivity contribution is 5.52. The number of hydrogen-bond donors (Lipinski definition) is 1. The SMILES string of the molecule is CCCN(CCC)c1cc(C)cc(O)c1. The van der Waals surface area contributed by atoms with Crippen molar-refractivity contribution in [2.45, 2.75) is 33.6 Å². The van der Waals surface area contributed by atoms with Crippen molar-refractivity contribution < 1.29 is 5.11 Å². The first kappa shape index (κ1) is 11.9. The first-order valence-corrected chi connectivity index (χ1v) is 5.73. The van der Waals surface area contributed by atoms with Crippen molar-refractivity contribution in [2.75, 3.05) is 18.0 Å². The molecule has 0 saturated carbocycles. The number of hydrogen-bond acceptors (Lipinski definition) is 2. The minimum Gasteiger partial charge on any atom is -0.508 e. The minimum absolute atomic E-state index is 0.363. The zero-order valence-corrected chi connectivity index (χ0v) is 9.95. The van der Waals surface area contributed by atoms with Gasteiger partial charge in [-0.15, -0.1) is 0 Å². The molecule has 1 aromatic carbocycles. The van der Waals surface area contributed by atoms with Crippen molar-refractivity contribution in [3.8, 4) is 5.75 Å². The molecule has 0 amide bonds. The molecule has 1 aromatic rings. The Balaban J connectivity index is 2.88. The van der Waals surface area contributed by atoms with Crippen LogP contribution in [0.5, 0.6) is 5.75 Å². The predicted octanol–water partition coefficient (Wildman–Crippen LogP) is 3.33. The monoisotopic (exact) mass is 207 g/mol. The van der Waals surface area contributed by atoms with Crippen LogP contribution in [0.25, 0.3) is 0 Å². The lowest BCUT2D eigenvalue weighted by atomic mass is 10.2. The summed E-state index contributed by atoms with van der Waals surface area (Å²) in [6.07, 6.45) is 2.27. The Hall–Kier alpha value is -1.18. The highest BCUT2D eigenvalue weighted by Gasteiger charge is 2.05. The van der Waals surface area contributed by atoms with E-state index >= 15 is 0 Å². The molecule has 2 heteroatoms. The van der Waals surface area contributed by atoms with E-state index in [9.17, 15) is 5.11 Å². The van der Waals surface area contributed by atoms with Crippen LogP contribution >= 0.6 is 0 Å². The summed E-state index contributed by atoms with van der Waals surface area (Å²) < 4.78 is 0. The van der Waals surface area contributed by atoms with Crippen LogP contribution in [0.1, 0.15) is 32.3 Å². The molecular formula is C13H21NO. The van der Waals surface area contributed by atoms with E-state index in [-0.39, 0.29) is 0 Å². The molecule has 0 radical (unpaired) electrons. The zero-order valence-electron chi connectivity index (χ0n) is 9.95.